The number of hydrogen-bond donors (Lipinski definition) is 0. The third-order valence-corrected chi connectivity index (χ3v) is 7.10. The van der Waals surface area contributed by atoms with E-state index in [2.05, 4.69) is 4.79 Å². The number of rotatable bonds is 9. The van der Waals surface area contributed by atoms with Crippen LogP contribution >= 0.6 is 0 Å². The number of sulfone groups is 1. The first-order chi connectivity index (χ1) is 15.3. The number of ether oxygens (including phenoxy) is 1. The van der Waals surface area contributed by atoms with Gasteiger partial charge in [-0.2, -0.15) is 8.42 Å². The first-order valence-corrected chi connectivity index (χ1v) is 13.2. The van der Waals surface area contributed by atoms with Crippen molar-refractivity contribution < 1.29 is 35.3 Å². The third-order valence-electron chi connectivity index (χ3n) is 4.18. The van der Waals surface area contributed by atoms with Crippen LogP contribution in [0.4, 0.5) is 0 Å². The molecule has 33 heavy (non-hydrogen) atoms. The van der Waals surface area contributed by atoms with E-state index in [4.69, 9.17) is 8.92 Å². The minimum atomic E-state index is -4.73. The van der Waals surface area contributed by atoms with Gasteiger partial charge < -0.3 is 14.5 Å². The van der Waals surface area contributed by atoms with Gasteiger partial charge in [-0.15, -0.1) is 4.79 Å². The molecule has 0 aromatic heterocycles. The van der Waals surface area contributed by atoms with Crippen molar-refractivity contribution in [1.29, 1.82) is 0 Å². The Hall–Kier alpha value is -3.01. The summed E-state index contributed by atoms with van der Waals surface area (Å²) in [6.45, 7) is 7.33. The molecule has 0 aliphatic rings. The zero-order chi connectivity index (χ0) is 24.9. The maximum Gasteiger partial charge on any atom is 0.457 e. The largest absolute Gasteiger partial charge is 0.488 e. The molecule has 0 unspecified atom stereocenters. The van der Waals surface area contributed by atoms with E-state index in [0.29, 0.717) is 18.6 Å². The summed E-state index contributed by atoms with van der Waals surface area (Å²) in [6.07, 6.45) is 0.923. The molecule has 0 heterocycles. The van der Waals surface area contributed by atoms with Gasteiger partial charge in [0, 0.05) is 5.56 Å². The van der Waals surface area contributed by atoms with Crippen LogP contribution in [0.15, 0.2) is 53.4 Å². The van der Waals surface area contributed by atoms with Gasteiger partial charge in [-0.05, 0) is 63.6 Å². The van der Waals surface area contributed by atoms with Gasteiger partial charge in [-0.25, -0.2) is 8.42 Å². The van der Waals surface area contributed by atoms with Crippen LogP contribution in [0, 0.1) is 0 Å². The molecule has 2 aromatic carbocycles. The zero-order valence-corrected chi connectivity index (χ0v) is 20.4. The Morgan fingerprint density at radius 3 is 2.15 bits per heavy atom. The van der Waals surface area contributed by atoms with Crippen molar-refractivity contribution in [1.82, 2.24) is 0 Å². The minimum absolute atomic E-state index is 0.0680. The van der Waals surface area contributed by atoms with E-state index in [1.54, 1.807) is 6.92 Å². The maximum atomic E-state index is 13.1. The van der Waals surface area contributed by atoms with Gasteiger partial charge in [-0.3, -0.25) is 4.79 Å². The Morgan fingerprint density at radius 2 is 1.61 bits per heavy atom. The predicted octanol–water partition coefficient (Wildman–Crippen LogP) is 3.66. The van der Waals surface area contributed by atoms with Gasteiger partial charge in [0.2, 0.25) is 0 Å². The lowest BCUT2D eigenvalue weighted by molar-refractivity contribution is -0.00159. The molecule has 0 aliphatic carbocycles. The molecule has 0 radical (unpaired) electrons. The SMILES string of the molecule is CCCCS(=O)(=O)Oc1ccccc1S(=O)(=O)C(=[N+]=[N-])C(=O)c1ccc(OC(C)(C)C)cc1. The highest BCUT2D eigenvalue weighted by Gasteiger charge is 2.40. The molecule has 9 nitrogen and oxygen atoms in total. The van der Waals surface area contributed by atoms with Crippen LogP contribution < -0.4 is 8.92 Å². The molecule has 0 fully saturated rings. The van der Waals surface area contributed by atoms with Crippen molar-refractivity contribution in [2.75, 3.05) is 5.75 Å². The highest BCUT2D eigenvalue weighted by Crippen LogP contribution is 2.28. The molecule has 2 aromatic rings. The number of benzene rings is 2. The predicted molar refractivity (Wildman–Crippen MR) is 123 cm³/mol. The van der Waals surface area contributed by atoms with Crippen molar-refractivity contribution in [2.45, 2.75) is 51.0 Å². The quantitative estimate of drug-likeness (QED) is 0.129. The van der Waals surface area contributed by atoms with Crippen molar-refractivity contribution in [3.63, 3.8) is 0 Å². The second-order valence-corrected chi connectivity index (χ2v) is 11.6. The van der Waals surface area contributed by atoms with E-state index in [-0.39, 0.29) is 11.3 Å². The van der Waals surface area contributed by atoms with E-state index in [0.717, 1.165) is 12.1 Å². The number of nitrogens with zero attached hydrogens (tertiary/aromatic N) is 2. The number of para-hydroxylation sites is 1. The monoisotopic (exact) mass is 494 g/mol. The highest BCUT2D eigenvalue weighted by atomic mass is 32.2. The Kier molecular flexibility index (Phi) is 8.18. The fraction of sp³-hybridized carbons (Fsp3) is 0.364. The van der Waals surface area contributed by atoms with Crippen LogP contribution in [0.2, 0.25) is 0 Å². The molecular formula is C22H26N2O7S2. The average molecular weight is 495 g/mol. The number of carbonyl (C=O) groups excluding carboxylic acids is 1. The molecule has 0 bridgehead atoms. The van der Waals surface area contributed by atoms with Crippen LogP contribution in [0.1, 0.15) is 50.9 Å². The second kappa shape index (κ2) is 10.3. The van der Waals surface area contributed by atoms with Crippen molar-refractivity contribution in [3.05, 3.63) is 59.6 Å². The fourth-order valence-corrected chi connectivity index (χ4v) is 5.22. The summed E-state index contributed by atoms with van der Waals surface area (Å²) < 4.78 is 61.3. The zero-order valence-electron chi connectivity index (χ0n) is 18.8. The lowest BCUT2D eigenvalue weighted by atomic mass is 10.1. The summed E-state index contributed by atoms with van der Waals surface area (Å²) in [6, 6.07) is 10.6. The fourth-order valence-electron chi connectivity index (χ4n) is 2.72. The summed E-state index contributed by atoms with van der Waals surface area (Å²) in [4.78, 5) is 15.0. The van der Waals surface area contributed by atoms with E-state index in [1.807, 2.05) is 20.8 Å². The summed E-state index contributed by atoms with van der Waals surface area (Å²) in [5.74, 6) is -1.42. The normalized spacial score (nSPS) is 12.0. The highest BCUT2D eigenvalue weighted by molar-refractivity contribution is 8.08. The second-order valence-electron chi connectivity index (χ2n) is 8.12. The van der Waals surface area contributed by atoms with Gasteiger partial charge in [0.05, 0.1) is 5.75 Å². The molecular weight excluding hydrogens is 468 g/mol. The average Bonchev–Trinajstić information content (AvgIpc) is 2.72. The van der Waals surface area contributed by atoms with Crippen molar-refractivity contribution in [3.8, 4) is 11.5 Å². The summed E-state index contributed by atoms with van der Waals surface area (Å²) in [5, 5.41) is -1.17. The van der Waals surface area contributed by atoms with E-state index in [1.165, 1.54) is 36.4 Å². The van der Waals surface area contributed by atoms with E-state index in [9.17, 15) is 27.2 Å². The lowest BCUT2D eigenvalue weighted by Gasteiger charge is -2.21. The number of unbranched alkanes of at least 4 members (excludes halogenated alkanes) is 1. The molecule has 0 aliphatic heterocycles. The molecule has 178 valence electrons. The molecule has 0 saturated heterocycles. The molecule has 11 heteroatoms. The van der Waals surface area contributed by atoms with Crippen LogP contribution in [0.3, 0.4) is 0 Å². The van der Waals surface area contributed by atoms with Crippen molar-refractivity contribution in [2.24, 2.45) is 0 Å². The molecule has 0 saturated carbocycles. The minimum Gasteiger partial charge on any atom is -0.488 e. The van der Waals surface area contributed by atoms with E-state index < -0.39 is 47.0 Å². The van der Waals surface area contributed by atoms with Crippen LogP contribution in [0.25, 0.3) is 5.53 Å². The first-order valence-electron chi connectivity index (χ1n) is 10.1. The number of hydrogen-bond acceptors (Lipinski definition) is 7. The molecule has 0 amide bonds. The molecule has 2 rings (SSSR count). The third kappa shape index (κ3) is 6.98. The lowest BCUT2D eigenvalue weighted by Crippen LogP contribution is -2.27. The van der Waals surface area contributed by atoms with E-state index >= 15 is 0 Å². The maximum absolute atomic E-state index is 13.1. The standard InChI is InChI=1S/C22H26N2O7S2/c1-5-6-15-32(26,27)31-18-9-7-8-10-19(18)33(28,29)21(24-23)20(25)16-11-13-17(14-12-16)30-22(2,3)4/h7-14H,5-6,15H2,1-4H3. The Balaban J connectivity index is 2.41. The van der Waals surface area contributed by atoms with Crippen LogP contribution in [-0.4, -0.2) is 43.8 Å². The van der Waals surface area contributed by atoms with Gasteiger partial charge in [0.15, 0.2) is 5.75 Å². The van der Waals surface area contributed by atoms with Gasteiger partial charge in [0.1, 0.15) is 16.2 Å². The van der Waals surface area contributed by atoms with Gasteiger partial charge >= 0.3 is 15.2 Å². The van der Waals surface area contributed by atoms with Crippen LogP contribution in [0.5, 0.6) is 11.5 Å². The van der Waals surface area contributed by atoms with Crippen LogP contribution in [-0.2, 0) is 20.0 Å². The summed E-state index contributed by atoms with van der Waals surface area (Å²) >= 11 is 0. The smallest absolute Gasteiger partial charge is 0.457 e. The van der Waals surface area contributed by atoms with Gasteiger partial charge in [0.25, 0.3) is 15.6 Å². The first kappa shape index (κ1) is 26.2. The Bertz CT molecular complexity index is 1270. The summed E-state index contributed by atoms with van der Waals surface area (Å²) in [5.41, 5.74) is 8.86. The number of Topliss-reactive ketones (excluding diaryl/α,β-unsaturated/α-hetero) is 1. The number of carbonyl (C=O) groups is 1. The Morgan fingerprint density at radius 1 is 1.00 bits per heavy atom. The molecule has 0 N–H and O–H groups in total. The topological polar surface area (TPSA) is 140 Å². The Labute approximate surface area is 194 Å². The molecule has 0 spiro atoms. The van der Waals surface area contributed by atoms with Crippen molar-refractivity contribution >= 4 is 30.8 Å². The number of ketones is 1. The summed E-state index contributed by atoms with van der Waals surface area (Å²) in [7, 11) is -8.80. The molecule has 0 atom stereocenters. The van der Waals surface area contributed by atoms with Gasteiger partial charge in [-0.1, -0.05) is 25.5 Å².